The zero-order valence-electron chi connectivity index (χ0n) is 18.3. The third-order valence-electron chi connectivity index (χ3n) is 6.03. The van der Waals surface area contributed by atoms with Crippen LogP contribution in [0.15, 0.2) is 53.7 Å². The molecule has 0 spiro atoms. The van der Waals surface area contributed by atoms with E-state index in [4.69, 9.17) is 0 Å². The van der Waals surface area contributed by atoms with Crippen molar-refractivity contribution >= 4 is 22.8 Å². The first-order chi connectivity index (χ1) is 16.5. The fraction of sp³-hybridized carbons (Fsp3) is 0.292. The van der Waals surface area contributed by atoms with Crippen molar-refractivity contribution < 1.29 is 26.3 Å². The number of thioether (sulfide) groups is 1. The van der Waals surface area contributed by atoms with Crippen molar-refractivity contribution in [3.8, 4) is 22.6 Å². The normalized spacial score (nSPS) is 15.5. The number of rotatable bonds is 5. The van der Waals surface area contributed by atoms with E-state index < -0.39 is 23.3 Å². The van der Waals surface area contributed by atoms with Gasteiger partial charge in [-0.25, -0.2) is 0 Å². The topological polar surface area (TPSA) is 54.5 Å². The molecule has 1 aliphatic rings. The minimum atomic E-state index is -4.51. The van der Waals surface area contributed by atoms with Crippen LogP contribution in [0.25, 0.3) is 33.7 Å². The fourth-order valence-corrected chi connectivity index (χ4v) is 4.84. The third kappa shape index (κ3) is 4.26. The molecule has 0 radical (unpaired) electrons. The molecule has 11 heteroatoms. The molecule has 0 unspecified atom stereocenters. The summed E-state index contributed by atoms with van der Waals surface area (Å²) in [4.78, 5) is 16.4. The summed E-state index contributed by atoms with van der Waals surface area (Å²) in [6.07, 6.45) is -6.54. The van der Waals surface area contributed by atoms with Gasteiger partial charge in [-0.2, -0.15) is 26.3 Å². The van der Waals surface area contributed by atoms with Crippen molar-refractivity contribution in [1.29, 1.82) is 0 Å². The van der Waals surface area contributed by atoms with E-state index in [1.54, 1.807) is 24.3 Å². The molecular formula is C24H18F6N4S. The van der Waals surface area contributed by atoms with Crippen LogP contribution in [0.3, 0.4) is 0 Å². The highest BCUT2D eigenvalue weighted by molar-refractivity contribution is 7.99. The highest BCUT2D eigenvalue weighted by atomic mass is 32.2. The van der Waals surface area contributed by atoms with Gasteiger partial charge in [-0.1, -0.05) is 13.0 Å². The molecule has 4 heterocycles. The van der Waals surface area contributed by atoms with Crippen LogP contribution < -0.4 is 0 Å². The summed E-state index contributed by atoms with van der Waals surface area (Å²) in [7, 11) is 0. The molecule has 35 heavy (non-hydrogen) atoms. The van der Waals surface area contributed by atoms with Crippen molar-refractivity contribution in [3.05, 3.63) is 60.0 Å². The summed E-state index contributed by atoms with van der Waals surface area (Å²) < 4.78 is 79.9. The van der Waals surface area contributed by atoms with Crippen molar-refractivity contribution in [3.63, 3.8) is 0 Å². The lowest BCUT2D eigenvalue weighted by atomic mass is 10.00. The van der Waals surface area contributed by atoms with Gasteiger partial charge in [0.25, 0.3) is 0 Å². The summed E-state index contributed by atoms with van der Waals surface area (Å²) in [6, 6.07) is 9.01. The lowest BCUT2D eigenvalue weighted by molar-refractivity contribution is -0.161. The molecule has 4 nitrogen and oxygen atoms in total. The van der Waals surface area contributed by atoms with Crippen LogP contribution in [0.2, 0.25) is 0 Å². The zero-order valence-corrected chi connectivity index (χ0v) is 19.1. The summed E-state index contributed by atoms with van der Waals surface area (Å²) in [6.45, 7) is 1.93. The molecule has 5 rings (SSSR count). The zero-order chi connectivity index (χ0) is 25.0. The number of aromatic nitrogens is 4. The Balaban J connectivity index is 1.54. The number of aromatic amines is 1. The van der Waals surface area contributed by atoms with Crippen LogP contribution in [0.4, 0.5) is 26.3 Å². The van der Waals surface area contributed by atoms with Gasteiger partial charge in [0, 0.05) is 22.9 Å². The van der Waals surface area contributed by atoms with Crippen LogP contribution >= 0.6 is 11.8 Å². The smallest absolute Gasteiger partial charge is 0.352 e. The third-order valence-corrected chi connectivity index (χ3v) is 6.94. The van der Waals surface area contributed by atoms with Crippen molar-refractivity contribution in [2.45, 2.75) is 42.4 Å². The van der Waals surface area contributed by atoms with Gasteiger partial charge in [0.15, 0.2) is 0 Å². The average Bonchev–Trinajstić information content (AvgIpc) is 3.53. The molecule has 4 aromatic rings. The maximum atomic E-state index is 13.6. The summed E-state index contributed by atoms with van der Waals surface area (Å²) in [5, 5.41) is 0. The van der Waals surface area contributed by atoms with Gasteiger partial charge in [-0.15, -0.1) is 11.8 Å². The SMILES string of the molecule is CCSc1cc(-c2cccc(C3(C(F)(F)F)CC3)n2)cnc1-c1cc2ncc(C(F)(F)F)cc2[nH]1. The Kier molecular flexibility index (Phi) is 5.58. The molecule has 0 aromatic carbocycles. The number of pyridine rings is 3. The summed E-state index contributed by atoms with van der Waals surface area (Å²) in [5.74, 6) is 0.680. The number of nitrogens with zero attached hydrogens (tertiary/aromatic N) is 3. The van der Waals surface area contributed by atoms with Crippen molar-refractivity contribution in [1.82, 2.24) is 19.9 Å². The summed E-state index contributed by atoms with van der Waals surface area (Å²) >= 11 is 1.46. The quantitative estimate of drug-likeness (QED) is 0.225. The lowest BCUT2D eigenvalue weighted by Gasteiger charge is -2.19. The molecule has 0 saturated heterocycles. The van der Waals surface area contributed by atoms with E-state index in [9.17, 15) is 26.3 Å². The molecule has 0 aliphatic heterocycles. The van der Waals surface area contributed by atoms with E-state index in [1.165, 1.54) is 24.0 Å². The van der Waals surface area contributed by atoms with E-state index in [0.29, 0.717) is 33.9 Å². The molecule has 0 atom stereocenters. The monoisotopic (exact) mass is 508 g/mol. The predicted molar refractivity (Wildman–Crippen MR) is 121 cm³/mol. The van der Waals surface area contributed by atoms with Crippen LogP contribution in [-0.2, 0) is 11.6 Å². The predicted octanol–water partition coefficient (Wildman–Crippen LogP) is 7.41. The first-order valence-corrected chi connectivity index (χ1v) is 11.7. The van der Waals surface area contributed by atoms with Crippen LogP contribution in [0.1, 0.15) is 31.0 Å². The number of halogens is 6. The van der Waals surface area contributed by atoms with Gasteiger partial charge in [-0.3, -0.25) is 15.0 Å². The average molecular weight is 508 g/mol. The largest absolute Gasteiger partial charge is 0.417 e. The van der Waals surface area contributed by atoms with Gasteiger partial charge in [0.1, 0.15) is 11.1 Å². The van der Waals surface area contributed by atoms with Crippen LogP contribution in [0.5, 0.6) is 0 Å². The van der Waals surface area contributed by atoms with E-state index >= 15 is 0 Å². The van der Waals surface area contributed by atoms with Crippen molar-refractivity contribution in [2.24, 2.45) is 0 Å². The number of H-pyrrole nitrogens is 1. The van der Waals surface area contributed by atoms with Gasteiger partial charge < -0.3 is 4.98 Å². The standard InChI is InChI=1S/C24H18F6N4S/c1-2-35-19-8-13(15-4-3-5-20(34-15)22(6-7-22)24(28,29)30)11-32-21(19)18-10-16-17(33-18)9-14(12-31-16)23(25,26)27/h3-5,8-12,33H,2,6-7H2,1H3. The Morgan fingerprint density at radius 2 is 1.77 bits per heavy atom. The summed E-state index contributed by atoms with van der Waals surface area (Å²) in [5.41, 5.74) is -0.221. The van der Waals surface area contributed by atoms with Gasteiger partial charge in [0.05, 0.1) is 33.7 Å². The second-order valence-electron chi connectivity index (χ2n) is 8.33. The van der Waals surface area contributed by atoms with Gasteiger partial charge >= 0.3 is 12.4 Å². The van der Waals surface area contributed by atoms with E-state index in [1.807, 2.05) is 6.92 Å². The Labute approximate surface area is 200 Å². The Morgan fingerprint density at radius 1 is 1.00 bits per heavy atom. The van der Waals surface area contributed by atoms with Gasteiger partial charge in [-0.05, 0) is 48.9 Å². The number of alkyl halides is 6. The number of hydrogen-bond donors (Lipinski definition) is 1. The Morgan fingerprint density at radius 3 is 2.43 bits per heavy atom. The first kappa shape index (κ1) is 23.7. The molecule has 4 aromatic heterocycles. The maximum absolute atomic E-state index is 13.6. The Hall–Kier alpha value is -3.08. The minimum Gasteiger partial charge on any atom is -0.352 e. The highest BCUT2D eigenvalue weighted by Crippen LogP contribution is 2.58. The van der Waals surface area contributed by atoms with E-state index in [0.717, 1.165) is 17.2 Å². The first-order valence-electron chi connectivity index (χ1n) is 10.8. The highest BCUT2D eigenvalue weighted by Gasteiger charge is 2.65. The van der Waals surface area contributed by atoms with Crippen LogP contribution in [-0.4, -0.2) is 31.9 Å². The molecule has 1 fully saturated rings. The van der Waals surface area contributed by atoms with E-state index in [-0.39, 0.29) is 24.1 Å². The molecule has 1 aliphatic carbocycles. The molecular weight excluding hydrogens is 490 g/mol. The molecule has 0 bridgehead atoms. The molecule has 182 valence electrons. The van der Waals surface area contributed by atoms with Crippen LogP contribution in [0, 0.1) is 0 Å². The molecule has 1 N–H and O–H groups in total. The number of nitrogens with one attached hydrogen (secondary N) is 1. The second kappa shape index (κ2) is 8.25. The molecule has 0 amide bonds. The second-order valence-corrected chi connectivity index (χ2v) is 9.64. The van der Waals surface area contributed by atoms with Gasteiger partial charge in [0.2, 0.25) is 0 Å². The lowest BCUT2D eigenvalue weighted by Crippen LogP contribution is -2.29. The van der Waals surface area contributed by atoms with Crippen molar-refractivity contribution in [2.75, 3.05) is 5.75 Å². The minimum absolute atomic E-state index is 0.00145. The van der Waals surface area contributed by atoms with E-state index in [2.05, 4.69) is 19.9 Å². The Bertz CT molecular complexity index is 1410. The fourth-order valence-electron chi connectivity index (χ4n) is 4.02. The number of fused-ring (bicyclic) bond motifs is 1. The number of hydrogen-bond acceptors (Lipinski definition) is 4. The molecule has 1 saturated carbocycles. The maximum Gasteiger partial charge on any atom is 0.417 e.